The Kier molecular flexibility index (Phi) is 6.26. The molecule has 2 aromatic rings. The highest BCUT2D eigenvalue weighted by molar-refractivity contribution is 5.83. The van der Waals surface area contributed by atoms with E-state index in [-0.39, 0.29) is 43.0 Å². The highest BCUT2D eigenvalue weighted by atomic mass is 16.5. The van der Waals surface area contributed by atoms with Crippen LogP contribution >= 0.6 is 0 Å². The third-order valence-electron chi connectivity index (χ3n) is 8.04. The second-order valence-corrected chi connectivity index (χ2v) is 10.3. The van der Waals surface area contributed by atoms with Crippen LogP contribution in [-0.4, -0.2) is 53.2 Å². The van der Waals surface area contributed by atoms with E-state index in [9.17, 15) is 19.5 Å². The lowest BCUT2D eigenvalue weighted by atomic mass is 9.89. The van der Waals surface area contributed by atoms with E-state index in [4.69, 9.17) is 4.74 Å². The molecule has 2 amide bonds. The molecule has 3 aliphatic rings. The van der Waals surface area contributed by atoms with Crippen LogP contribution in [0.1, 0.15) is 50.2 Å². The summed E-state index contributed by atoms with van der Waals surface area (Å²) in [7, 11) is 0. The van der Waals surface area contributed by atoms with Crippen LogP contribution in [0.4, 0.5) is 4.79 Å². The predicted molar refractivity (Wildman–Crippen MR) is 131 cm³/mol. The van der Waals surface area contributed by atoms with Crippen molar-refractivity contribution in [1.29, 1.82) is 0 Å². The van der Waals surface area contributed by atoms with Crippen molar-refractivity contribution < 1.29 is 24.2 Å². The van der Waals surface area contributed by atoms with E-state index in [1.165, 1.54) is 11.1 Å². The molecule has 2 bridgehead atoms. The summed E-state index contributed by atoms with van der Waals surface area (Å²) in [6.45, 7) is 4.29. The molecule has 5 rings (SSSR count). The number of ether oxygens (including phenoxy) is 1. The third kappa shape index (κ3) is 4.17. The number of alkyl carbamates (subject to hydrolysis) is 1. The molecular weight excluding hydrogens is 444 g/mol. The van der Waals surface area contributed by atoms with Crippen molar-refractivity contribution in [2.45, 2.75) is 51.1 Å². The van der Waals surface area contributed by atoms with Crippen molar-refractivity contribution in [3.63, 3.8) is 0 Å². The maximum atomic E-state index is 13.4. The second kappa shape index (κ2) is 9.36. The van der Waals surface area contributed by atoms with Crippen molar-refractivity contribution in [1.82, 2.24) is 10.2 Å². The molecule has 4 unspecified atom stereocenters. The number of fused-ring (bicyclic) bond motifs is 5. The van der Waals surface area contributed by atoms with Gasteiger partial charge in [0, 0.05) is 24.5 Å². The van der Waals surface area contributed by atoms with Gasteiger partial charge in [0.15, 0.2) is 0 Å². The molecule has 1 aliphatic carbocycles. The summed E-state index contributed by atoms with van der Waals surface area (Å²) in [5.41, 5.74) is 4.63. The maximum Gasteiger partial charge on any atom is 0.407 e. The van der Waals surface area contributed by atoms with Crippen LogP contribution < -0.4 is 5.32 Å². The molecular formula is C28H32N2O5. The van der Waals surface area contributed by atoms with Gasteiger partial charge in [0.2, 0.25) is 5.91 Å². The summed E-state index contributed by atoms with van der Waals surface area (Å²) in [6, 6.07) is 16.1. The second-order valence-electron chi connectivity index (χ2n) is 10.3. The lowest BCUT2D eigenvalue weighted by Gasteiger charge is -2.30. The molecule has 35 heavy (non-hydrogen) atoms. The zero-order valence-corrected chi connectivity index (χ0v) is 20.1. The Bertz CT molecular complexity index is 1100. The lowest BCUT2D eigenvalue weighted by Crippen LogP contribution is -2.46. The van der Waals surface area contributed by atoms with E-state index in [0.29, 0.717) is 6.42 Å². The topological polar surface area (TPSA) is 95.9 Å². The molecule has 4 atom stereocenters. The number of amides is 2. The standard InChI is InChI=1S/C28H32N2O5/c1-16(2)23(26(31)30-17-11-12-25(30)22(13-17)27(32)33)14-29-28(34)35-15-24-20-9-5-3-7-18(20)19-8-4-6-10-21(19)24/h3-10,16-17,22-25H,11-15H2,1-2H3,(H,29,34)(H,32,33). The average molecular weight is 477 g/mol. The van der Waals surface area contributed by atoms with Gasteiger partial charge in [0.05, 0.1) is 11.8 Å². The zero-order valence-electron chi connectivity index (χ0n) is 20.1. The molecule has 0 aromatic heterocycles. The Labute approximate surface area is 205 Å². The predicted octanol–water partition coefficient (Wildman–Crippen LogP) is 4.26. The summed E-state index contributed by atoms with van der Waals surface area (Å²) in [6.07, 6.45) is 1.57. The van der Waals surface area contributed by atoms with Crippen LogP contribution in [-0.2, 0) is 14.3 Å². The van der Waals surface area contributed by atoms with Crippen LogP contribution in [0.25, 0.3) is 11.1 Å². The smallest absolute Gasteiger partial charge is 0.407 e. The van der Waals surface area contributed by atoms with Gasteiger partial charge in [-0.2, -0.15) is 0 Å². The molecule has 7 nitrogen and oxygen atoms in total. The minimum absolute atomic E-state index is 0.000311. The maximum absolute atomic E-state index is 13.4. The number of aliphatic carboxylic acids is 1. The molecule has 2 N–H and O–H groups in total. The number of carboxylic acid groups (broad SMARTS) is 1. The number of hydrogen-bond donors (Lipinski definition) is 2. The molecule has 2 aromatic carbocycles. The number of nitrogens with zero attached hydrogens (tertiary/aromatic N) is 1. The van der Waals surface area contributed by atoms with Gasteiger partial charge in [0.1, 0.15) is 6.61 Å². The number of rotatable bonds is 7. The molecule has 2 fully saturated rings. The van der Waals surface area contributed by atoms with Crippen molar-refractivity contribution in [2.75, 3.05) is 13.2 Å². The van der Waals surface area contributed by atoms with Gasteiger partial charge in [-0.1, -0.05) is 62.4 Å². The number of carbonyl (C=O) groups excluding carboxylic acids is 2. The van der Waals surface area contributed by atoms with Crippen molar-refractivity contribution in [3.05, 3.63) is 59.7 Å². The van der Waals surface area contributed by atoms with Gasteiger partial charge in [-0.15, -0.1) is 0 Å². The largest absolute Gasteiger partial charge is 0.481 e. The number of benzene rings is 2. The van der Waals surface area contributed by atoms with Crippen LogP contribution in [0, 0.1) is 17.8 Å². The zero-order chi connectivity index (χ0) is 24.7. The van der Waals surface area contributed by atoms with Crippen LogP contribution in [0.15, 0.2) is 48.5 Å². The lowest BCUT2D eigenvalue weighted by molar-refractivity contribution is -0.144. The summed E-state index contributed by atoms with van der Waals surface area (Å²) < 4.78 is 5.63. The van der Waals surface area contributed by atoms with Gasteiger partial charge in [-0.05, 0) is 47.4 Å². The average Bonchev–Trinajstić information content (AvgIpc) is 3.52. The van der Waals surface area contributed by atoms with Gasteiger partial charge in [-0.3, -0.25) is 9.59 Å². The molecule has 0 saturated carbocycles. The first-order valence-corrected chi connectivity index (χ1v) is 12.5. The first kappa shape index (κ1) is 23.4. The number of carboxylic acids is 1. The first-order chi connectivity index (χ1) is 16.9. The van der Waals surface area contributed by atoms with E-state index >= 15 is 0 Å². The fraction of sp³-hybridized carbons (Fsp3) is 0.464. The molecule has 7 heteroatoms. The van der Waals surface area contributed by atoms with Crippen LogP contribution in [0.5, 0.6) is 0 Å². The Morgan fingerprint density at radius 1 is 1.03 bits per heavy atom. The quantitative estimate of drug-likeness (QED) is 0.623. The molecule has 2 saturated heterocycles. The Morgan fingerprint density at radius 2 is 1.66 bits per heavy atom. The number of nitrogens with one attached hydrogen (secondary N) is 1. The summed E-state index contributed by atoms with van der Waals surface area (Å²) >= 11 is 0. The van der Waals surface area contributed by atoms with E-state index < -0.39 is 23.9 Å². The monoisotopic (exact) mass is 476 g/mol. The van der Waals surface area contributed by atoms with Crippen LogP contribution in [0.3, 0.4) is 0 Å². The number of carbonyl (C=O) groups is 3. The molecule has 2 heterocycles. The van der Waals surface area contributed by atoms with E-state index in [1.807, 2.05) is 38.1 Å². The highest BCUT2D eigenvalue weighted by Gasteiger charge is 2.52. The van der Waals surface area contributed by atoms with Gasteiger partial charge >= 0.3 is 12.1 Å². The van der Waals surface area contributed by atoms with Gasteiger partial charge in [-0.25, -0.2) is 4.79 Å². The third-order valence-corrected chi connectivity index (χ3v) is 8.04. The number of hydrogen-bond acceptors (Lipinski definition) is 4. The van der Waals surface area contributed by atoms with E-state index in [1.54, 1.807) is 4.90 Å². The minimum atomic E-state index is -0.826. The van der Waals surface area contributed by atoms with Gasteiger partial charge < -0.3 is 20.1 Å². The summed E-state index contributed by atoms with van der Waals surface area (Å²) in [5, 5.41) is 12.3. The highest BCUT2D eigenvalue weighted by Crippen LogP contribution is 2.45. The molecule has 2 aliphatic heterocycles. The Morgan fingerprint density at radius 3 is 2.23 bits per heavy atom. The Balaban J connectivity index is 1.21. The summed E-state index contributed by atoms with van der Waals surface area (Å²) in [4.78, 5) is 39.4. The fourth-order valence-electron chi connectivity index (χ4n) is 6.24. The molecule has 0 spiro atoms. The van der Waals surface area contributed by atoms with Gasteiger partial charge in [0.25, 0.3) is 0 Å². The SMILES string of the molecule is CC(C)C(CNC(=O)OCC1c2ccccc2-c2ccccc21)C(=O)N1C2CCC1C(C(=O)O)C2. The summed E-state index contributed by atoms with van der Waals surface area (Å²) in [5.74, 6) is -1.82. The fourth-order valence-corrected chi connectivity index (χ4v) is 6.24. The molecule has 0 radical (unpaired) electrons. The Hall–Kier alpha value is -3.35. The van der Waals surface area contributed by atoms with E-state index in [2.05, 4.69) is 29.6 Å². The van der Waals surface area contributed by atoms with E-state index in [0.717, 1.165) is 24.0 Å². The van der Waals surface area contributed by atoms with Crippen molar-refractivity contribution >= 4 is 18.0 Å². The van der Waals surface area contributed by atoms with Crippen molar-refractivity contribution in [2.24, 2.45) is 17.8 Å². The van der Waals surface area contributed by atoms with Crippen LogP contribution in [0.2, 0.25) is 0 Å². The normalized spacial score (nSPS) is 23.2. The van der Waals surface area contributed by atoms with Crippen molar-refractivity contribution in [3.8, 4) is 11.1 Å². The molecule has 184 valence electrons. The minimum Gasteiger partial charge on any atom is -0.481 e. The first-order valence-electron chi connectivity index (χ1n) is 12.5.